The number of carbonyl (C=O) groups is 2. The van der Waals surface area contributed by atoms with E-state index < -0.39 is 11.8 Å². The number of rotatable bonds is 11. The highest BCUT2D eigenvalue weighted by molar-refractivity contribution is 5.97. The highest BCUT2D eigenvalue weighted by Crippen LogP contribution is 2.32. The van der Waals surface area contributed by atoms with Crippen LogP contribution in [0.1, 0.15) is 49.9 Å². The summed E-state index contributed by atoms with van der Waals surface area (Å²) >= 11 is 0. The number of carboxylic acid groups (broad SMARTS) is 1. The molecule has 0 saturated carbocycles. The molecule has 4 aromatic carbocycles. The van der Waals surface area contributed by atoms with Crippen molar-refractivity contribution in [1.82, 2.24) is 9.97 Å². The fraction of sp³-hybridized carbons (Fsp3) is 0.182. The van der Waals surface area contributed by atoms with E-state index in [1.165, 1.54) is 26.4 Å². The molecule has 3 N–H and O–H groups in total. The van der Waals surface area contributed by atoms with Crippen LogP contribution < -0.4 is 20.1 Å². The van der Waals surface area contributed by atoms with Gasteiger partial charge in [-0.2, -0.15) is 0 Å². The van der Waals surface area contributed by atoms with Crippen molar-refractivity contribution in [2.75, 3.05) is 31.5 Å². The Morgan fingerprint density at radius 1 is 0.625 bits per heavy atom. The van der Waals surface area contributed by atoms with Crippen molar-refractivity contribution in [2.45, 2.75) is 34.6 Å². The van der Waals surface area contributed by atoms with E-state index in [1.807, 2.05) is 45.9 Å². The lowest BCUT2D eigenvalue weighted by Crippen LogP contribution is -2.09. The number of anilines is 4. The van der Waals surface area contributed by atoms with E-state index >= 15 is 0 Å². The van der Waals surface area contributed by atoms with Gasteiger partial charge in [0.25, 0.3) is 0 Å². The number of hydrogen-bond donors (Lipinski definition) is 3. The molecule has 0 aliphatic rings. The highest BCUT2D eigenvalue weighted by Gasteiger charge is 2.17. The fourth-order valence-electron chi connectivity index (χ4n) is 5.70. The van der Waals surface area contributed by atoms with E-state index in [-0.39, 0.29) is 17.3 Å². The Morgan fingerprint density at radius 2 is 1.07 bits per heavy atom. The van der Waals surface area contributed by atoms with Crippen LogP contribution >= 0.6 is 0 Å². The van der Waals surface area contributed by atoms with E-state index in [1.54, 1.807) is 73.9 Å². The lowest BCUT2D eigenvalue weighted by molar-refractivity contribution is 0.0527. The SMILES string of the molecule is CCOC(=O)c1cc(C)ccc1Nc1cnc(-c2cc(OC)ccc2F)cc1C.COc1ccc(F)c(-c2cc(C)c(Nc3ccc(C)cc3C(=O)O)cn2)c1. The predicted octanol–water partition coefficient (Wildman–Crippen LogP) is 10.4. The van der Waals surface area contributed by atoms with Crippen molar-refractivity contribution >= 4 is 34.7 Å². The van der Waals surface area contributed by atoms with Crippen molar-refractivity contribution in [3.8, 4) is 34.0 Å². The molecular formula is C44H42F2N4O6. The van der Waals surface area contributed by atoms with Gasteiger partial charge in [0.15, 0.2) is 0 Å². The van der Waals surface area contributed by atoms with Crippen molar-refractivity contribution < 1.29 is 37.7 Å². The topological polar surface area (TPSA) is 132 Å². The summed E-state index contributed by atoms with van der Waals surface area (Å²) in [5.41, 5.74) is 8.23. The van der Waals surface area contributed by atoms with E-state index in [9.17, 15) is 23.5 Å². The number of hydrogen-bond acceptors (Lipinski definition) is 9. The lowest BCUT2D eigenvalue weighted by atomic mass is 10.1. The molecule has 10 nitrogen and oxygen atoms in total. The number of benzene rings is 4. The molecule has 0 amide bonds. The minimum Gasteiger partial charge on any atom is -0.497 e. The summed E-state index contributed by atoms with van der Waals surface area (Å²) in [6, 6.07) is 23.2. The van der Waals surface area contributed by atoms with Crippen LogP contribution in [0.4, 0.5) is 31.5 Å². The molecule has 0 bridgehead atoms. The van der Waals surface area contributed by atoms with Gasteiger partial charge >= 0.3 is 11.9 Å². The molecule has 2 aromatic heterocycles. The molecule has 0 fully saturated rings. The summed E-state index contributed by atoms with van der Waals surface area (Å²) in [7, 11) is 3.05. The Balaban J connectivity index is 0.000000215. The van der Waals surface area contributed by atoms with Crippen molar-refractivity contribution in [3.05, 3.63) is 142 Å². The van der Waals surface area contributed by atoms with Gasteiger partial charge in [0.2, 0.25) is 0 Å². The molecule has 0 spiro atoms. The fourth-order valence-corrected chi connectivity index (χ4v) is 5.70. The minimum atomic E-state index is -1.01. The number of carboxylic acids is 1. The van der Waals surface area contributed by atoms with Crippen LogP contribution in [-0.4, -0.2) is 47.8 Å². The molecule has 0 aliphatic carbocycles. The van der Waals surface area contributed by atoms with Gasteiger partial charge in [0, 0.05) is 11.1 Å². The van der Waals surface area contributed by atoms with E-state index in [0.717, 1.165) is 22.3 Å². The largest absolute Gasteiger partial charge is 0.497 e. The van der Waals surface area contributed by atoms with Gasteiger partial charge < -0.3 is 30.0 Å². The van der Waals surface area contributed by atoms with E-state index in [4.69, 9.17) is 14.2 Å². The van der Waals surface area contributed by atoms with E-state index in [2.05, 4.69) is 20.6 Å². The maximum Gasteiger partial charge on any atom is 0.340 e. The second kappa shape index (κ2) is 18.0. The normalized spacial score (nSPS) is 10.5. The molecule has 0 unspecified atom stereocenters. The van der Waals surface area contributed by atoms with Crippen LogP contribution in [0.15, 0.2) is 97.3 Å². The van der Waals surface area contributed by atoms with Gasteiger partial charge in [-0.1, -0.05) is 23.3 Å². The van der Waals surface area contributed by atoms with Gasteiger partial charge in [-0.15, -0.1) is 0 Å². The number of nitrogens with one attached hydrogen (secondary N) is 2. The van der Waals surface area contributed by atoms with Gasteiger partial charge in [0.05, 0.1) is 78.5 Å². The summed E-state index contributed by atoms with van der Waals surface area (Å²) < 4.78 is 43.9. The first-order chi connectivity index (χ1) is 26.8. The molecule has 6 aromatic rings. The second-order valence-corrected chi connectivity index (χ2v) is 12.8. The Morgan fingerprint density at radius 3 is 1.48 bits per heavy atom. The minimum absolute atomic E-state index is 0.178. The first-order valence-electron chi connectivity index (χ1n) is 17.6. The molecule has 0 saturated heterocycles. The number of carbonyl (C=O) groups excluding carboxylic acids is 1. The number of aromatic carboxylic acids is 1. The summed E-state index contributed by atoms with van der Waals surface area (Å²) in [5, 5.41) is 15.7. The van der Waals surface area contributed by atoms with Crippen LogP contribution in [0.25, 0.3) is 22.5 Å². The van der Waals surface area contributed by atoms with Gasteiger partial charge in [-0.3, -0.25) is 9.97 Å². The number of pyridine rings is 2. The zero-order valence-electron chi connectivity index (χ0n) is 32.1. The lowest BCUT2D eigenvalue weighted by Gasteiger charge is -2.15. The Kier molecular flexibility index (Phi) is 13.0. The quantitative estimate of drug-likeness (QED) is 0.110. The van der Waals surface area contributed by atoms with Crippen LogP contribution in [0.2, 0.25) is 0 Å². The molecule has 0 aliphatic heterocycles. The maximum absolute atomic E-state index is 14.3. The smallest absolute Gasteiger partial charge is 0.340 e. The van der Waals surface area contributed by atoms with Gasteiger partial charge in [-0.05, 0) is 119 Å². The predicted molar refractivity (Wildman–Crippen MR) is 214 cm³/mol. The zero-order valence-corrected chi connectivity index (χ0v) is 32.1. The number of esters is 1. The van der Waals surface area contributed by atoms with Crippen molar-refractivity contribution in [2.24, 2.45) is 0 Å². The summed E-state index contributed by atoms with van der Waals surface area (Å²) in [6.45, 7) is 9.56. The van der Waals surface area contributed by atoms with Crippen LogP contribution in [0.5, 0.6) is 11.5 Å². The third-order valence-electron chi connectivity index (χ3n) is 8.74. The molecule has 56 heavy (non-hydrogen) atoms. The zero-order chi connectivity index (χ0) is 40.5. The average molecular weight is 761 g/mol. The number of methoxy groups -OCH3 is 2. The number of nitrogens with zero attached hydrogens (tertiary/aromatic N) is 2. The summed E-state index contributed by atoms with van der Waals surface area (Å²) in [5.74, 6) is -1.07. The molecule has 0 atom stereocenters. The van der Waals surface area contributed by atoms with Crippen molar-refractivity contribution in [3.63, 3.8) is 0 Å². The summed E-state index contributed by atoms with van der Waals surface area (Å²) in [6.07, 6.45) is 3.19. The average Bonchev–Trinajstić information content (AvgIpc) is 3.18. The second-order valence-electron chi connectivity index (χ2n) is 12.8. The van der Waals surface area contributed by atoms with Crippen molar-refractivity contribution in [1.29, 1.82) is 0 Å². The Hall–Kier alpha value is -6.82. The van der Waals surface area contributed by atoms with Crippen LogP contribution in [0.3, 0.4) is 0 Å². The summed E-state index contributed by atoms with van der Waals surface area (Å²) in [4.78, 5) is 32.5. The molecule has 12 heteroatoms. The molecule has 0 radical (unpaired) electrons. The first kappa shape index (κ1) is 40.4. The Bertz CT molecular complexity index is 2400. The first-order valence-corrected chi connectivity index (χ1v) is 17.6. The molecule has 2 heterocycles. The van der Waals surface area contributed by atoms with E-state index in [0.29, 0.717) is 68.9 Å². The highest BCUT2D eigenvalue weighted by atomic mass is 19.1. The standard InChI is InChI=1S/C23H23FN2O3.C21H19FN2O3/c1-5-29-23(27)18-10-14(2)6-9-20(18)26-22-13-25-21(11-15(22)3)17-12-16(28-4)7-8-19(17)24;1-12-4-7-18(16(8-12)21(25)26)24-20-11-23-19(9-13(20)2)15-10-14(27-3)5-6-17(15)22/h6-13,26H,5H2,1-4H3;4-11,24H,1-3H3,(H,25,26). The third-order valence-corrected chi connectivity index (χ3v) is 8.74. The van der Waals surface area contributed by atoms with Gasteiger partial charge in [0.1, 0.15) is 23.1 Å². The number of aryl methyl sites for hydroxylation is 4. The third kappa shape index (κ3) is 9.64. The number of halogens is 2. The number of aromatic nitrogens is 2. The molecule has 288 valence electrons. The van der Waals surface area contributed by atoms with Crippen LogP contribution in [-0.2, 0) is 4.74 Å². The monoisotopic (exact) mass is 760 g/mol. The molecule has 6 rings (SSSR count). The van der Waals surface area contributed by atoms with Gasteiger partial charge in [-0.25, -0.2) is 18.4 Å². The number of ether oxygens (including phenoxy) is 3. The maximum atomic E-state index is 14.3. The Labute approximate surface area is 324 Å². The molecular weight excluding hydrogens is 719 g/mol. The van der Waals surface area contributed by atoms with Crippen LogP contribution in [0, 0.1) is 39.3 Å².